The van der Waals surface area contributed by atoms with Crippen LogP contribution in [0, 0.1) is 11.8 Å². The van der Waals surface area contributed by atoms with E-state index in [-0.39, 0.29) is 22.8 Å². The molecule has 3 heterocycles. The molecule has 2 aliphatic heterocycles. The van der Waals surface area contributed by atoms with E-state index in [1.165, 1.54) is 17.6 Å². The molecule has 0 spiro atoms. The van der Waals surface area contributed by atoms with Crippen molar-refractivity contribution in [3.63, 3.8) is 0 Å². The van der Waals surface area contributed by atoms with Gasteiger partial charge in [-0.3, -0.25) is 4.98 Å². The van der Waals surface area contributed by atoms with Gasteiger partial charge in [0.15, 0.2) is 0 Å². The van der Waals surface area contributed by atoms with Crippen LogP contribution in [0.25, 0.3) is 10.8 Å². The van der Waals surface area contributed by atoms with Gasteiger partial charge in [0.25, 0.3) is 0 Å². The van der Waals surface area contributed by atoms with E-state index < -0.39 is 15.6 Å². The number of aromatic nitrogens is 1. The maximum absolute atomic E-state index is 13.5. The number of hydrogen-bond donors (Lipinski definition) is 0. The molecule has 1 aromatic carbocycles. The second-order valence-corrected chi connectivity index (χ2v) is 10.8. The summed E-state index contributed by atoms with van der Waals surface area (Å²) >= 11 is 0. The van der Waals surface area contributed by atoms with Crippen LogP contribution < -0.4 is 4.74 Å². The zero-order valence-electron chi connectivity index (χ0n) is 17.7. The number of methoxy groups -OCH3 is 1. The van der Waals surface area contributed by atoms with Crippen molar-refractivity contribution in [1.29, 1.82) is 0 Å². The molecule has 2 fully saturated rings. The van der Waals surface area contributed by atoms with Crippen LogP contribution in [-0.2, 0) is 14.8 Å². The summed E-state index contributed by atoms with van der Waals surface area (Å²) in [5.74, 6) is 0.638. The predicted octanol–water partition coefficient (Wildman–Crippen LogP) is 2.73. The lowest BCUT2D eigenvalue weighted by molar-refractivity contribution is 0.0279. The minimum absolute atomic E-state index is 0.103. The Labute approximate surface area is 176 Å². The lowest BCUT2D eigenvalue weighted by Crippen LogP contribution is -2.38. The number of nitrogens with zero attached hydrogens (tertiary/aromatic N) is 3. The number of sulfonamides is 1. The largest absolute Gasteiger partial charge is 0.494 e. The molecule has 2 aliphatic rings. The van der Waals surface area contributed by atoms with Gasteiger partial charge < -0.3 is 14.4 Å². The van der Waals surface area contributed by atoms with Gasteiger partial charge in [-0.25, -0.2) is 13.2 Å². The molecule has 0 bridgehead atoms. The number of pyridine rings is 1. The Morgan fingerprint density at radius 3 is 2.37 bits per heavy atom. The number of carbonyl (C=O) groups is 1. The second-order valence-electron chi connectivity index (χ2n) is 8.92. The molecule has 0 radical (unpaired) electrons. The van der Waals surface area contributed by atoms with E-state index in [1.807, 2.05) is 26.8 Å². The quantitative estimate of drug-likeness (QED) is 0.740. The molecular formula is C21H27N3O5S. The minimum Gasteiger partial charge on any atom is -0.494 e. The van der Waals surface area contributed by atoms with Crippen LogP contribution in [-0.4, -0.2) is 67.6 Å². The van der Waals surface area contributed by atoms with Crippen LogP contribution in [0.2, 0.25) is 0 Å². The van der Waals surface area contributed by atoms with Crippen LogP contribution in [0.4, 0.5) is 4.79 Å². The van der Waals surface area contributed by atoms with Crippen molar-refractivity contribution in [2.45, 2.75) is 31.3 Å². The molecule has 2 saturated heterocycles. The van der Waals surface area contributed by atoms with Crippen LogP contribution >= 0.6 is 0 Å². The van der Waals surface area contributed by atoms with E-state index in [0.717, 1.165) is 0 Å². The normalized spacial score (nSPS) is 22.3. The van der Waals surface area contributed by atoms with Crippen molar-refractivity contribution < 1.29 is 22.7 Å². The smallest absolute Gasteiger partial charge is 0.410 e. The number of likely N-dealkylation sites (tertiary alicyclic amines) is 1. The summed E-state index contributed by atoms with van der Waals surface area (Å²) in [5.41, 5.74) is -0.549. The number of fused-ring (bicyclic) bond motifs is 2. The minimum atomic E-state index is -3.72. The highest BCUT2D eigenvalue weighted by Gasteiger charge is 2.46. The summed E-state index contributed by atoms with van der Waals surface area (Å²) in [7, 11) is -2.21. The molecular weight excluding hydrogens is 406 g/mol. The van der Waals surface area contributed by atoms with Crippen molar-refractivity contribution in [3.8, 4) is 5.75 Å². The third-order valence-electron chi connectivity index (χ3n) is 5.65. The van der Waals surface area contributed by atoms with Gasteiger partial charge in [-0.1, -0.05) is 12.1 Å². The van der Waals surface area contributed by atoms with Gasteiger partial charge in [-0.15, -0.1) is 0 Å². The SMILES string of the molecule is COc1cncc2cccc(S(=O)(=O)N3CC4CN(C(=O)OC(C)(C)C)CC4C3)c12. The summed E-state index contributed by atoms with van der Waals surface area (Å²) in [6, 6.07) is 5.15. The molecule has 1 aromatic heterocycles. The Morgan fingerprint density at radius 2 is 1.77 bits per heavy atom. The van der Waals surface area contributed by atoms with Crippen molar-refractivity contribution in [2.24, 2.45) is 11.8 Å². The van der Waals surface area contributed by atoms with Crippen molar-refractivity contribution in [3.05, 3.63) is 30.6 Å². The highest BCUT2D eigenvalue weighted by molar-refractivity contribution is 7.89. The van der Waals surface area contributed by atoms with Crippen molar-refractivity contribution in [1.82, 2.24) is 14.2 Å². The summed E-state index contributed by atoms with van der Waals surface area (Å²) in [4.78, 5) is 18.4. The molecule has 9 heteroatoms. The van der Waals surface area contributed by atoms with Crippen molar-refractivity contribution in [2.75, 3.05) is 33.3 Å². The molecule has 30 heavy (non-hydrogen) atoms. The fraction of sp³-hybridized carbons (Fsp3) is 0.524. The summed E-state index contributed by atoms with van der Waals surface area (Å²) in [5, 5.41) is 1.26. The van der Waals surface area contributed by atoms with E-state index in [9.17, 15) is 13.2 Å². The number of rotatable bonds is 3. The second kappa shape index (κ2) is 7.39. The Kier molecular flexibility index (Phi) is 5.14. The third-order valence-corrected chi connectivity index (χ3v) is 7.53. The average molecular weight is 434 g/mol. The van der Waals surface area contributed by atoms with Gasteiger partial charge in [0, 0.05) is 43.1 Å². The first-order valence-electron chi connectivity index (χ1n) is 9.99. The molecule has 0 N–H and O–H groups in total. The first-order valence-corrected chi connectivity index (χ1v) is 11.4. The molecule has 1 amide bonds. The van der Waals surface area contributed by atoms with E-state index in [0.29, 0.717) is 42.7 Å². The van der Waals surface area contributed by atoms with Gasteiger partial charge in [0.05, 0.1) is 18.2 Å². The maximum atomic E-state index is 13.5. The van der Waals surface area contributed by atoms with Gasteiger partial charge in [-0.2, -0.15) is 4.31 Å². The zero-order chi connectivity index (χ0) is 21.7. The highest BCUT2D eigenvalue weighted by Crippen LogP contribution is 2.38. The van der Waals surface area contributed by atoms with Gasteiger partial charge >= 0.3 is 6.09 Å². The maximum Gasteiger partial charge on any atom is 0.410 e. The average Bonchev–Trinajstić information content (AvgIpc) is 3.25. The van der Waals surface area contributed by atoms with E-state index in [4.69, 9.17) is 9.47 Å². The first kappa shape index (κ1) is 20.9. The summed E-state index contributed by atoms with van der Waals surface area (Å²) in [6.07, 6.45) is 2.82. The number of amides is 1. The molecule has 0 aliphatic carbocycles. The Hall–Kier alpha value is -2.39. The lowest BCUT2D eigenvalue weighted by Gasteiger charge is -2.26. The van der Waals surface area contributed by atoms with E-state index in [2.05, 4.69) is 4.98 Å². The number of carbonyl (C=O) groups excluding carboxylic acids is 1. The topological polar surface area (TPSA) is 89.0 Å². The Balaban J connectivity index is 1.55. The van der Waals surface area contributed by atoms with E-state index in [1.54, 1.807) is 23.2 Å². The number of benzene rings is 1. The van der Waals surface area contributed by atoms with Crippen LogP contribution in [0.15, 0.2) is 35.5 Å². The highest BCUT2D eigenvalue weighted by atomic mass is 32.2. The van der Waals surface area contributed by atoms with Crippen LogP contribution in [0.5, 0.6) is 5.75 Å². The lowest BCUT2D eigenvalue weighted by atomic mass is 10.0. The van der Waals surface area contributed by atoms with Crippen LogP contribution in [0.1, 0.15) is 20.8 Å². The molecule has 162 valence electrons. The standard InChI is InChI=1S/C21H27N3O5S/c1-21(2,3)29-20(25)23-10-15-12-24(13-16(15)11-23)30(26,27)18-7-5-6-14-8-22-9-17(28-4)19(14)18/h5-9,15-16H,10-13H2,1-4H3. The molecule has 2 atom stereocenters. The Bertz CT molecular complexity index is 1060. The molecule has 2 unspecified atom stereocenters. The van der Waals surface area contributed by atoms with E-state index >= 15 is 0 Å². The summed E-state index contributed by atoms with van der Waals surface area (Å²) in [6.45, 7) is 7.30. The van der Waals surface area contributed by atoms with Gasteiger partial charge in [0.1, 0.15) is 11.4 Å². The monoisotopic (exact) mass is 433 g/mol. The fourth-order valence-corrected chi connectivity index (χ4v) is 6.08. The number of ether oxygens (including phenoxy) is 2. The predicted molar refractivity (Wildman–Crippen MR) is 112 cm³/mol. The van der Waals surface area contributed by atoms with Crippen molar-refractivity contribution >= 4 is 26.9 Å². The third kappa shape index (κ3) is 3.72. The van der Waals surface area contributed by atoms with Crippen LogP contribution in [0.3, 0.4) is 0 Å². The fourth-order valence-electron chi connectivity index (χ4n) is 4.30. The summed E-state index contributed by atoms with van der Waals surface area (Å²) < 4.78 is 39.4. The molecule has 8 nitrogen and oxygen atoms in total. The first-order chi connectivity index (χ1) is 14.1. The zero-order valence-corrected chi connectivity index (χ0v) is 18.5. The molecule has 4 rings (SSSR count). The molecule has 0 saturated carbocycles. The van der Waals surface area contributed by atoms with Gasteiger partial charge in [-0.05, 0) is 38.7 Å². The Morgan fingerprint density at radius 1 is 1.10 bits per heavy atom. The van der Waals surface area contributed by atoms with Gasteiger partial charge in [0.2, 0.25) is 10.0 Å². The number of hydrogen-bond acceptors (Lipinski definition) is 6. The molecule has 2 aromatic rings.